The van der Waals surface area contributed by atoms with E-state index in [1.165, 1.54) is 6.20 Å². The summed E-state index contributed by atoms with van der Waals surface area (Å²) in [7, 11) is 0. The summed E-state index contributed by atoms with van der Waals surface area (Å²) in [6.45, 7) is 7.54. The molecule has 12 nitrogen and oxygen atoms in total. The Bertz CT molecular complexity index is 1400. The number of Topliss-reactive ketones (excluding diaryl/α,β-unsaturated/α-hetero) is 1. The summed E-state index contributed by atoms with van der Waals surface area (Å²) in [6, 6.07) is 1.22. The molecule has 4 fully saturated rings. The number of nitrogens with zero attached hydrogens (tertiary/aromatic N) is 2. The van der Waals surface area contributed by atoms with Crippen LogP contribution in [0.25, 0.3) is 0 Å². The maximum atomic E-state index is 14.8. The summed E-state index contributed by atoms with van der Waals surface area (Å²) in [5, 5.41) is 11.6. The Hall–Kier alpha value is -3.83. The molecule has 1 aliphatic heterocycles. The number of fused-ring (bicyclic) bond motifs is 1. The van der Waals surface area contributed by atoms with Crippen molar-refractivity contribution in [3.8, 4) is 0 Å². The number of likely N-dealkylation sites (tertiary alicyclic amines) is 1. The summed E-state index contributed by atoms with van der Waals surface area (Å²) in [4.78, 5) is 88.1. The maximum Gasteiger partial charge on any atom is 0.289 e. The average Bonchev–Trinajstić information content (AvgIpc) is 3.84. The van der Waals surface area contributed by atoms with E-state index in [-0.39, 0.29) is 35.5 Å². The van der Waals surface area contributed by atoms with E-state index in [9.17, 15) is 28.8 Å². The summed E-state index contributed by atoms with van der Waals surface area (Å²) < 4.78 is 0. The third kappa shape index (κ3) is 9.09. The van der Waals surface area contributed by atoms with Crippen molar-refractivity contribution < 1.29 is 28.8 Å². The number of pyridine rings is 1. The third-order valence-electron chi connectivity index (χ3n) is 11.0. The third-order valence-corrected chi connectivity index (χ3v) is 11.0. The fourth-order valence-electron chi connectivity index (χ4n) is 8.09. The lowest BCUT2D eigenvalue weighted by Crippen LogP contribution is -2.63. The standard InChI is InChI=1S/C38H56N6O6/c1-5-13-26(31(45)36(49)40-25-19-20-25)41-34(47)29-22-24-16-9-10-18-28(24)44(29)37(50)32(38(2,3)4)43-35(48)30(23-14-7-6-8-15-23)42-33(46)27-17-11-12-21-39-27/h11-12,17,21,23-26,28-30,32H,5-10,13-16,18-20,22H2,1-4H3,(H,40,49)(H,41,47)(H,42,46)(H,43,48)/t24?,26-,28?,29+,30-,32+/m0/s1. The van der Waals surface area contributed by atoms with Gasteiger partial charge in [0, 0.05) is 18.3 Å². The number of nitrogens with one attached hydrogen (secondary N) is 4. The Kier molecular flexibility index (Phi) is 12.3. The van der Waals surface area contributed by atoms with Crippen molar-refractivity contribution in [1.29, 1.82) is 0 Å². The molecule has 5 rings (SSSR count). The predicted octanol–water partition coefficient (Wildman–Crippen LogP) is 3.58. The van der Waals surface area contributed by atoms with Crippen LogP contribution in [-0.2, 0) is 24.0 Å². The largest absolute Gasteiger partial charge is 0.347 e. The minimum absolute atomic E-state index is 0.0149. The Morgan fingerprint density at radius 1 is 0.880 bits per heavy atom. The van der Waals surface area contributed by atoms with Crippen LogP contribution in [0, 0.1) is 17.3 Å². The number of amides is 5. The van der Waals surface area contributed by atoms with Crippen molar-refractivity contribution in [3.05, 3.63) is 30.1 Å². The van der Waals surface area contributed by atoms with Gasteiger partial charge in [0.2, 0.25) is 23.5 Å². The molecule has 1 aromatic rings. The van der Waals surface area contributed by atoms with Crippen LogP contribution in [-0.4, -0.2) is 81.5 Å². The van der Waals surface area contributed by atoms with Crippen LogP contribution in [0.15, 0.2) is 24.4 Å². The first kappa shape index (κ1) is 37.4. The van der Waals surface area contributed by atoms with Gasteiger partial charge in [0.25, 0.3) is 11.8 Å². The normalized spacial score (nSPS) is 24.2. The summed E-state index contributed by atoms with van der Waals surface area (Å²) in [6.07, 6.45) is 12.7. The van der Waals surface area contributed by atoms with Crippen molar-refractivity contribution in [2.75, 3.05) is 0 Å². The van der Waals surface area contributed by atoms with Crippen LogP contribution in [0.3, 0.4) is 0 Å². The number of hydrogen-bond donors (Lipinski definition) is 4. The topological polar surface area (TPSA) is 167 Å². The quantitative estimate of drug-likeness (QED) is 0.229. The molecular weight excluding hydrogens is 636 g/mol. The number of rotatable bonds is 13. The minimum atomic E-state index is -0.985. The molecule has 3 aliphatic carbocycles. The second-order valence-corrected chi connectivity index (χ2v) is 15.9. The van der Waals surface area contributed by atoms with E-state index in [1.54, 1.807) is 23.1 Å². The van der Waals surface area contributed by atoms with Crippen LogP contribution in [0.5, 0.6) is 0 Å². The van der Waals surface area contributed by atoms with E-state index in [4.69, 9.17) is 0 Å². The van der Waals surface area contributed by atoms with Crippen molar-refractivity contribution in [2.24, 2.45) is 17.3 Å². The zero-order valence-corrected chi connectivity index (χ0v) is 30.2. The highest BCUT2D eigenvalue weighted by molar-refractivity contribution is 6.38. The van der Waals surface area contributed by atoms with Gasteiger partial charge in [-0.1, -0.05) is 72.3 Å². The number of carbonyl (C=O) groups is 6. The van der Waals surface area contributed by atoms with Gasteiger partial charge in [-0.3, -0.25) is 33.8 Å². The van der Waals surface area contributed by atoms with Crippen molar-refractivity contribution in [1.82, 2.24) is 31.2 Å². The molecule has 2 unspecified atom stereocenters. The lowest BCUT2D eigenvalue weighted by molar-refractivity contribution is -0.147. The van der Waals surface area contributed by atoms with Crippen LogP contribution >= 0.6 is 0 Å². The first-order chi connectivity index (χ1) is 23.9. The number of hydrogen-bond acceptors (Lipinski definition) is 7. The maximum absolute atomic E-state index is 14.8. The zero-order valence-electron chi connectivity index (χ0n) is 30.2. The van der Waals surface area contributed by atoms with Gasteiger partial charge in [0.1, 0.15) is 23.8 Å². The molecule has 0 bridgehead atoms. The summed E-state index contributed by atoms with van der Waals surface area (Å²) in [5.41, 5.74) is -0.520. The SMILES string of the molecule is CCC[C@H](NC(=O)[C@H]1CC2CCCCC2N1C(=O)[C@@H](NC(=O)[C@@H](NC(=O)c1ccccn1)C1CCCCC1)C(C)(C)C)C(=O)C(=O)NC1CC1. The van der Waals surface area contributed by atoms with Gasteiger partial charge in [0.05, 0.1) is 6.04 Å². The smallest absolute Gasteiger partial charge is 0.289 e. The zero-order chi connectivity index (χ0) is 36.0. The Balaban J connectivity index is 1.38. The molecule has 6 atom stereocenters. The molecule has 4 N–H and O–H groups in total. The Morgan fingerprint density at radius 2 is 1.58 bits per heavy atom. The molecule has 3 saturated carbocycles. The highest BCUT2D eigenvalue weighted by atomic mass is 16.2. The predicted molar refractivity (Wildman–Crippen MR) is 187 cm³/mol. The van der Waals surface area contributed by atoms with E-state index < -0.39 is 59.0 Å². The van der Waals surface area contributed by atoms with Gasteiger partial charge >= 0.3 is 0 Å². The number of ketones is 1. The van der Waals surface area contributed by atoms with Crippen LogP contribution < -0.4 is 21.3 Å². The molecule has 0 aromatic carbocycles. The molecule has 0 spiro atoms. The van der Waals surface area contributed by atoms with Gasteiger partial charge in [0.15, 0.2) is 0 Å². The van der Waals surface area contributed by atoms with Crippen LogP contribution in [0.4, 0.5) is 0 Å². The molecule has 1 saturated heterocycles. The van der Waals surface area contributed by atoms with Gasteiger partial charge in [-0.15, -0.1) is 0 Å². The molecule has 2 heterocycles. The van der Waals surface area contributed by atoms with Crippen molar-refractivity contribution in [2.45, 2.75) is 154 Å². The fraction of sp³-hybridized carbons (Fsp3) is 0.711. The summed E-state index contributed by atoms with van der Waals surface area (Å²) in [5.74, 6) is -2.98. The second-order valence-electron chi connectivity index (χ2n) is 15.9. The molecule has 274 valence electrons. The van der Waals surface area contributed by atoms with Gasteiger partial charge in [-0.2, -0.15) is 0 Å². The first-order valence-electron chi connectivity index (χ1n) is 18.9. The van der Waals surface area contributed by atoms with E-state index in [2.05, 4.69) is 26.3 Å². The fourth-order valence-corrected chi connectivity index (χ4v) is 8.09. The highest BCUT2D eigenvalue weighted by Crippen LogP contribution is 2.41. The highest BCUT2D eigenvalue weighted by Gasteiger charge is 2.51. The number of aromatic nitrogens is 1. The first-order valence-corrected chi connectivity index (χ1v) is 18.9. The molecule has 50 heavy (non-hydrogen) atoms. The van der Waals surface area contributed by atoms with Gasteiger partial charge in [-0.05, 0) is 80.8 Å². The van der Waals surface area contributed by atoms with Gasteiger partial charge in [-0.25, -0.2) is 0 Å². The Morgan fingerprint density at radius 3 is 2.22 bits per heavy atom. The van der Waals surface area contributed by atoms with Crippen molar-refractivity contribution in [3.63, 3.8) is 0 Å². The Labute approximate surface area is 296 Å². The lowest BCUT2D eigenvalue weighted by atomic mass is 9.81. The van der Waals surface area contributed by atoms with E-state index in [0.717, 1.165) is 70.6 Å². The number of carbonyl (C=O) groups excluding carboxylic acids is 6. The second kappa shape index (κ2) is 16.5. The van der Waals surface area contributed by atoms with E-state index in [1.807, 2.05) is 27.7 Å². The van der Waals surface area contributed by atoms with Crippen LogP contribution in [0.1, 0.15) is 128 Å². The molecule has 4 aliphatic rings. The minimum Gasteiger partial charge on any atom is -0.347 e. The molecule has 5 amide bonds. The molecule has 12 heteroatoms. The average molecular weight is 693 g/mol. The van der Waals surface area contributed by atoms with Crippen LogP contribution in [0.2, 0.25) is 0 Å². The van der Waals surface area contributed by atoms with Gasteiger partial charge < -0.3 is 26.2 Å². The lowest BCUT2D eigenvalue weighted by Gasteiger charge is -2.40. The van der Waals surface area contributed by atoms with E-state index >= 15 is 0 Å². The molecule has 0 radical (unpaired) electrons. The molecular formula is C38H56N6O6. The monoisotopic (exact) mass is 692 g/mol. The summed E-state index contributed by atoms with van der Waals surface area (Å²) >= 11 is 0. The van der Waals surface area contributed by atoms with E-state index in [0.29, 0.717) is 19.3 Å². The molecule has 1 aromatic heterocycles. The van der Waals surface area contributed by atoms with Crippen molar-refractivity contribution >= 4 is 35.3 Å².